The van der Waals surface area contributed by atoms with Crippen molar-refractivity contribution < 1.29 is 9.53 Å². The summed E-state index contributed by atoms with van der Waals surface area (Å²) < 4.78 is 4.65. The van der Waals surface area contributed by atoms with Gasteiger partial charge in [0.2, 0.25) is 0 Å². The molecular weight excluding hydrogens is 276 g/mol. The van der Waals surface area contributed by atoms with Crippen molar-refractivity contribution in [3.63, 3.8) is 0 Å². The molecule has 0 saturated carbocycles. The summed E-state index contributed by atoms with van der Waals surface area (Å²) >= 11 is 0. The van der Waals surface area contributed by atoms with Crippen LogP contribution in [-0.2, 0) is 4.74 Å². The van der Waals surface area contributed by atoms with E-state index in [1.807, 2.05) is 48.7 Å². The van der Waals surface area contributed by atoms with E-state index >= 15 is 0 Å². The molecule has 0 aliphatic carbocycles. The Hall–Kier alpha value is -3.01. The number of methoxy groups -OCH3 is 1. The second kappa shape index (κ2) is 6.18. The molecule has 0 N–H and O–H groups in total. The largest absolute Gasteiger partial charge is 0.465 e. The SMILES string of the molecule is COC(=O)c1ccc(-c2ccc(-c3ccccc3)cn2)nc1. The lowest BCUT2D eigenvalue weighted by Crippen LogP contribution is -2.01. The van der Waals surface area contributed by atoms with Crippen LogP contribution in [0, 0.1) is 0 Å². The van der Waals surface area contributed by atoms with Crippen LogP contribution >= 0.6 is 0 Å². The van der Waals surface area contributed by atoms with E-state index in [1.54, 1.807) is 12.1 Å². The van der Waals surface area contributed by atoms with Gasteiger partial charge in [-0.05, 0) is 23.8 Å². The molecule has 0 aliphatic rings. The Morgan fingerprint density at radius 3 is 2.05 bits per heavy atom. The van der Waals surface area contributed by atoms with Gasteiger partial charge in [0.25, 0.3) is 0 Å². The van der Waals surface area contributed by atoms with E-state index in [0.29, 0.717) is 11.3 Å². The maximum absolute atomic E-state index is 11.4. The molecule has 1 aromatic carbocycles. The first-order valence-corrected chi connectivity index (χ1v) is 6.84. The van der Waals surface area contributed by atoms with Gasteiger partial charge in [-0.25, -0.2) is 4.79 Å². The third-order valence-corrected chi connectivity index (χ3v) is 3.32. The first-order chi connectivity index (χ1) is 10.8. The second-order valence-electron chi connectivity index (χ2n) is 4.72. The maximum Gasteiger partial charge on any atom is 0.339 e. The van der Waals surface area contributed by atoms with Gasteiger partial charge in [0, 0.05) is 18.0 Å². The van der Waals surface area contributed by atoms with Crippen molar-refractivity contribution in [3.05, 3.63) is 72.6 Å². The van der Waals surface area contributed by atoms with Gasteiger partial charge in [-0.1, -0.05) is 36.4 Å². The fourth-order valence-electron chi connectivity index (χ4n) is 2.13. The van der Waals surface area contributed by atoms with Gasteiger partial charge in [-0.3, -0.25) is 9.97 Å². The summed E-state index contributed by atoms with van der Waals surface area (Å²) in [5.41, 5.74) is 4.07. The molecule has 0 amide bonds. The number of hydrogen-bond acceptors (Lipinski definition) is 4. The van der Waals surface area contributed by atoms with Crippen molar-refractivity contribution in [1.29, 1.82) is 0 Å². The van der Waals surface area contributed by atoms with Gasteiger partial charge in [-0.2, -0.15) is 0 Å². The molecule has 2 heterocycles. The summed E-state index contributed by atoms with van der Waals surface area (Å²) in [5, 5.41) is 0. The molecule has 0 radical (unpaired) electrons. The van der Waals surface area contributed by atoms with E-state index in [2.05, 4.69) is 14.7 Å². The fourth-order valence-corrected chi connectivity index (χ4v) is 2.13. The number of benzene rings is 1. The lowest BCUT2D eigenvalue weighted by atomic mass is 10.1. The molecule has 3 rings (SSSR count). The third kappa shape index (κ3) is 2.86. The fraction of sp³-hybridized carbons (Fsp3) is 0.0556. The number of esters is 1. The highest BCUT2D eigenvalue weighted by atomic mass is 16.5. The minimum atomic E-state index is -0.397. The average Bonchev–Trinajstić information content (AvgIpc) is 2.62. The highest BCUT2D eigenvalue weighted by Crippen LogP contribution is 2.21. The van der Waals surface area contributed by atoms with Crippen LogP contribution in [0.2, 0.25) is 0 Å². The smallest absolute Gasteiger partial charge is 0.339 e. The summed E-state index contributed by atoms with van der Waals surface area (Å²) in [6, 6.07) is 17.4. The zero-order valence-corrected chi connectivity index (χ0v) is 12.1. The normalized spacial score (nSPS) is 10.2. The zero-order valence-electron chi connectivity index (χ0n) is 12.1. The number of rotatable bonds is 3. The summed E-state index contributed by atoms with van der Waals surface area (Å²) in [5.74, 6) is -0.397. The van der Waals surface area contributed by atoms with E-state index in [0.717, 1.165) is 16.8 Å². The number of aromatic nitrogens is 2. The van der Waals surface area contributed by atoms with Gasteiger partial charge in [0.15, 0.2) is 0 Å². The van der Waals surface area contributed by atoms with Crippen molar-refractivity contribution in [2.24, 2.45) is 0 Å². The Morgan fingerprint density at radius 2 is 1.50 bits per heavy atom. The molecule has 3 aromatic rings. The number of ether oxygens (including phenoxy) is 1. The van der Waals surface area contributed by atoms with Crippen molar-refractivity contribution in [2.75, 3.05) is 7.11 Å². The van der Waals surface area contributed by atoms with E-state index in [1.165, 1.54) is 13.3 Å². The molecule has 22 heavy (non-hydrogen) atoms. The highest BCUT2D eigenvalue weighted by Gasteiger charge is 2.07. The first kappa shape index (κ1) is 13.9. The van der Waals surface area contributed by atoms with Crippen molar-refractivity contribution >= 4 is 5.97 Å². The molecule has 0 unspecified atom stereocenters. The Labute approximate surface area is 128 Å². The third-order valence-electron chi connectivity index (χ3n) is 3.32. The molecule has 0 bridgehead atoms. The van der Waals surface area contributed by atoms with Crippen LogP contribution < -0.4 is 0 Å². The van der Waals surface area contributed by atoms with Gasteiger partial charge < -0.3 is 4.74 Å². The van der Waals surface area contributed by atoms with Gasteiger partial charge in [-0.15, -0.1) is 0 Å². The molecule has 4 heteroatoms. The van der Waals surface area contributed by atoms with Crippen LogP contribution in [0.4, 0.5) is 0 Å². The minimum absolute atomic E-state index is 0.397. The van der Waals surface area contributed by atoms with E-state index in [-0.39, 0.29) is 0 Å². The first-order valence-electron chi connectivity index (χ1n) is 6.84. The Morgan fingerprint density at radius 1 is 0.818 bits per heavy atom. The standard InChI is InChI=1S/C18H14N2O2/c1-22-18(21)15-8-10-17(20-12-15)16-9-7-14(11-19-16)13-5-3-2-4-6-13/h2-12H,1H3. The summed E-state index contributed by atoms with van der Waals surface area (Å²) in [6.45, 7) is 0. The van der Waals surface area contributed by atoms with Crippen LogP contribution in [0.5, 0.6) is 0 Å². The monoisotopic (exact) mass is 290 g/mol. The lowest BCUT2D eigenvalue weighted by molar-refractivity contribution is 0.0600. The van der Waals surface area contributed by atoms with Crippen LogP contribution in [0.3, 0.4) is 0 Å². The molecule has 0 spiro atoms. The quantitative estimate of drug-likeness (QED) is 0.692. The number of pyridine rings is 2. The highest BCUT2D eigenvalue weighted by molar-refractivity contribution is 5.89. The lowest BCUT2D eigenvalue weighted by Gasteiger charge is -2.04. The topological polar surface area (TPSA) is 52.1 Å². The van der Waals surface area contributed by atoms with Crippen LogP contribution in [-0.4, -0.2) is 23.0 Å². The van der Waals surface area contributed by atoms with Gasteiger partial charge in [0.05, 0.1) is 24.1 Å². The Kier molecular flexibility index (Phi) is 3.92. The predicted molar refractivity (Wildman–Crippen MR) is 84.2 cm³/mol. The van der Waals surface area contributed by atoms with E-state index < -0.39 is 5.97 Å². The second-order valence-corrected chi connectivity index (χ2v) is 4.72. The Balaban J connectivity index is 1.85. The Bertz CT molecular complexity index is 766. The number of carbonyl (C=O) groups is 1. The molecule has 0 fully saturated rings. The molecule has 0 atom stereocenters. The average molecular weight is 290 g/mol. The summed E-state index contributed by atoms with van der Waals surface area (Å²) in [4.78, 5) is 20.1. The molecule has 0 aliphatic heterocycles. The van der Waals surface area contributed by atoms with E-state index in [9.17, 15) is 4.79 Å². The minimum Gasteiger partial charge on any atom is -0.465 e. The zero-order chi connectivity index (χ0) is 15.4. The maximum atomic E-state index is 11.4. The van der Waals surface area contributed by atoms with Gasteiger partial charge in [0.1, 0.15) is 0 Å². The van der Waals surface area contributed by atoms with E-state index in [4.69, 9.17) is 0 Å². The number of hydrogen-bond donors (Lipinski definition) is 0. The predicted octanol–water partition coefficient (Wildman–Crippen LogP) is 3.60. The van der Waals surface area contributed by atoms with Gasteiger partial charge >= 0.3 is 5.97 Å². The van der Waals surface area contributed by atoms with Crippen molar-refractivity contribution in [3.8, 4) is 22.5 Å². The molecule has 2 aromatic heterocycles. The summed E-state index contributed by atoms with van der Waals surface area (Å²) in [6.07, 6.45) is 3.31. The molecule has 0 saturated heterocycles. The summed E-state index contributed by atoms with van der Waals surface area (Å²) in [7, 11) is 1.35. The molecular formula is C18H14N2O2. The van der Waals surface area contributed by atoms with Crippen LogP contribution in [0.25, 0.3) is 22.5 Å². The van der Waals surface area contributed by atoms with Crippen molar-refractivity contribution in [2.45, 2.75) is 0 Å². The van der Waals surface area contributed by atoms with Crippen LogP contribution in [0.1, 0.15) is 10.4 Å². The number of carbonyl (C=O) groups excluding carboxylic acids is 1. The number of nitrogens with zero attached hydrogens (tertiary/aromatic N) is 2. The van der Waals surface area contributed by atoms with Crippen molar-refractivity contribution in [1.82, 2.24) is 9.97 Å². The molecule has 108 valence electrons. The molecule has 4 nitrogen and oxygen atoms in total. The van der Waals surface area contributed by atoms with Crippen LogP contribution in [0.15, 0.2) is 67.0 Å².